The minimum atomic E-state index is -4.41. The van der Waals surface area contributed by atoms with Crippen LogP contribution in [-0.2, 0) is 4.74 Å². The van der Waals surface area contributed by atoms with Gasteiger partial charge in [0, 0.05) is 25.2 Å². The Morgan fingerprint density at radius 2 is 1.93 bits per heavy atom. The van der Waals surface area contributed by atoms with E-state index in [-0.39, 0.29) is 11.3 Å². The van der Waals surface area contributed by atoms with Gasteiger partial charge < -0.3 is 14.5 Å². The number of fused-ring (bicyclic) bond motifs is 1. The molecular weight excluding hydrogens is 419 g/mol. The van der Waals surface area contributed by atoms with Gasteiger partial charge in [-0.2, -0.15) is 13.2 Å². The van der Waals surface area contributed by atoms with Crippen molar-refractivity contribution in [2.45, 2.75) is 31.1 Å². The third kappa shape index (κ3) is 5.79. The van der Waals surface area contributed by atoms with Crippen molar-refractivity contribution >= 4 is 22.8 Å². The Labute approximate surface area is 175 Å². The Kier molecular flexibility index (Phi) is 7.43. The first-order valence-electron chi connectivity index (χ1n) is 9.49. The molecule has 0 fully saturated rings. The van der Waals surface area contributed by atoms with E-state index < -0.39 is 12.8 Å². The SMILES string of the molecule is CCCOCCCSc1nc2cc[nH]c2c(=O)n1-c1ccc(OCC(F)(F)F)cc1. The van der Waals surface area contributed by atoms with Crippen LogP contribution < -0.4 is 10.3 Å². The molecule has 3 aromatic rings. The van der Waals surface area contributed by atoms with Crippen LogP contribution in [0.5, 0.6) is 5.75 Å². The first kappa shape index (κ1) is 22.2. The second-order valence-corrected chi connectivity index (χ2v) is 7.55. The average molecular weight is 441 g/mol. The predicted molar refractivity (Wildman–Crippen MR) is 110 cm³/mol. The number of ether oxygens (including phenoxy) is 2. The first-order valence-corrected chi connectivity index (χ1v) is 10.5. The molecule has 0 unspecified atom stereocenters. The number of aromatic nitrogens is 3. The number of nitrogens with one attached hydrogen (secondary N) is 1. The molecular formula is C20H22F3N3O3S. The van der Waals surface area contributed by atoms with E-state index in [0.717, 1.165) is 12.8 Å². The minimum Gasteiger partial charge on any atom is -0.484 e. The second kappa shape index (κ2) is 10.0. The van der Waals surface area contributed by atoms with Crippen LogP contribution in [0.4, 0.5) is 13.2 Å². The van der Waals surface area contributed by atoms with Crippen molar-refractivity contribution in [1.29, 1.82) is 0 Å². The molecule has 0 saturated carbocycles. The summed E-state index contributed by atoms with van der Waals surface area (Å²) in [5.74, 6) is 0.777. The Morgan fingerprint density at radius 1 is 1.17 bits per heavy atom. The molecule has 2 heterocycles. The summed E-state index contributed by atoms with van der Waals surface area (Å²) in [5, 5.41) is 0.506. The highest BCUT2D eigenvalue weighted by atomic mass is 32.2. The number of halogens is 3. The summed E-state index contributed by atoms with van der Waals surface area (Å²) < 4.78 is 48.7. The van der Waals surface area contributed by atoms with Gasteiger partial charge in [0.2, 0.25) is 0 Å². The van der Waals surface area contributed by atoms with Crippen molar-refractivity contribution in [2.24, 2.45) is 0 Å². The number of hydrogen-bond donors (Lipinski definition) is 1. The van der Waals surface area contributed by atoms with Crippen LogP contribution in [0.15, 0.2) is 46.5 Å². The summed E-state index contributed by atoms with van der Waals surface area (Å²) in [5.41, 5.74) is 1.14. The smallest absolute Gasteiger partial charge is 0.422 e. The van der Waals surface area contributed by atoms with Crippen LogP contribution >= 0.6 is 11.8 Å². The molecule has 10 heteroatoms. The van der Waals surface area contributed by atoms with Crippen LogP contribution in [0, 0.1) is 0 Å². The van der Waals surface area contributed by atoms with E-state index >= 15 is 0 Å². The van der Waals surface area contributed by atoms with Gasteiger partial charge in [-0.1, -0.05) is 18.7 Å². The summed E-state index contributed by atoms with van der Waals surface area (Å²) in [6.45, 7) is 2.01. The van der Waals surface area contributed by atoms with Gasteiger partial charge in [-0.05, 0) is 43.2 Å². The monoisotopic (exact) mass is 441 g/mol. The van der Waals surface area contributed by atoms with Gasteiger partial charge in [0.25, 0.3) is 5.56 Å². The van der Waals surface area contributed by atoms with E-state index in [2.05, 4.69) is 9.97 Å². The summed E-state index contributed by atoms with van der Waals surface area (Å²) >= 11 is 1.43. The maximum absolute atomic E-state index is 13.0. The quantitative estimate of drug-likeness (QED) is 0.284. The molecule has 2 aromatic heterocycles. The molecule has 30 heavy (non-hydrogen) atoms. The number of hydrogen-bond acceptors (Lipinski definition) is 5. The van der Waals surface area contributed by atoms with Gasteiger partial charge in [0.1, 0.15) is 11.3 Å². The van der Waals surface area contributed by atoms with Crippen molar-refractivity contribution in [3.8, 4) is 11.4 Å². The first-order chi connectivity index (χ1) is 14.4. The number of thioether (sulfide) groups is 1. The maximum atomic E-state index is 13.0. The molecule has 0 aliphatic carbocycles. The van der Waals surface area contributed by atoms with Gasteiger partial charge in [0.15, 0.2) is 11.8 Å². The summed E-state index contributed by atoms with van der Waals surface area (Å²) in [6, 6.07) is 7.61. The molecule has 0 aliphatic rings. The lowest BCUT2D eigenvalue weighted by atomic mass is 10.3. The Bertz CT molecular complexity index is 1020. The number of nitrogens with zero attached hydrogens (tertiary/aromatic N) is 2. The highest BCUT2D eigenvalue weighted by Crippen LogP contribution is 2.24. The van der Waals surface area contributed by atoms with Gasteiger partial charge >= 0.3 is 6.18 Å². The maximum Gasteiger partial charge on any atom is 0.422 e. The fraction of sp³-hybridized carbons (Fsp3) is 0.400. The molecule has 0 amide bonds. The van der Waals surface area contributed by atoms with Crippen molar-refractivity contribution in [2.75, 3.05) is 25.6 Å². The van der Waals surface area contributed by atoms with Crippen molar-refractivity contribution in [1.82, 2.24) is 14.5 Å². The summed E-state index contributed by atoms with van der Waals surface area (Å²) in [4.78, 5) is 20.5. The van der Waals surface area contributed by atoms with Crippen LogP contribution in [0.25, 0.3) is 16.7 Å². The predicted octanol–water partition coefficient (Wildman–Crippen LogP) is 4.56. The van der Waals surface area contributed by atoms with Crippen molar-refractivity contribution in [3.05, 3.63) is 46.9 Å². The van der Waals surface area contributed by atoms with Gasteiger partial charge in [0.05, 0.1) is 11.2 Å². The van der Waals surface area contributed by atoms with E-state index in [4.69, 9.17) is 9.47 Å². The van der Waals surface area contributed by atoms with Crippen LogP contribution in [0.1, 0.15) is 19.8 Å². The molecule has 0 spiro atoms. The molecule has 0 bridgehead atoms. The van der Waals surface area contributed by atoms with Crippen molar-refractivity contribution < 1.29 is 22.6 Å². The molecule has 0 saturated heterocycles. The molecule has 3 rings (SSSR count). The van der Waals surface area contributed by atoms with E-state index in [9.17, 15) is 18.0 Å². The van der Waals surface area contributed by atoms with Crippen molar-refractivity contribution in [3.63, 3.8) is 0 Å². The van der Waals surface area contributed by atoms with E-state index in [1.54, 1.807) is 12.3 Å². The third-order valence-corrected chi connectivity index (χ3v) is 5.08. The van der Waals surface area contributed by atoms with Gasteiger partial charge in [-0.25, -0.2) is 4.98 Å². The number of H-pyrrole nitrogens is 1. The number of alkyl halides is 3. The molecule has 6 nitrogen and oxygen atoms in total. The van der Waals surface area contributed by atoms with E-state index in [1.165, 1.54) is 40.6 Å². The second-order valence-electron chi connectivity index (χ2n) is 6.48. The van der Waals surface area contributed by atoms with E-state index in [1.807, 2.05) is 6.92 Å². The fourth-order valence-corrected chi connectivity index (χ4v) is 3.65. The largest absolute Gasteiger partial charge is 0.484 e. The topological polar surface area (TPSA) is 69.1 Å². The highest BCUT2D eigenvalue weighted by molar-refractivity contribution is 7.99. The molecule has 1 aromatic carbocycles. The van der Waals surface area contributed by atoms with Crippen LogP contribution in [-0.4, -0.2) is 46.3 Å². The lowest BCUT2D eigenvalue weighted by Crippen LogP contribution is -2.22. The van der Waals surface area contributed by atoms with Crippen LogP contribution in [0.2, 0.25) is 0 Å². The third-order valence-electron chi connectivity index (χ3n) is 4.06. The lowest BCUT2D eigenvalue weighted by molar-refractivity contribution is -0.153. The average Bonchev–Trinajstić information content (AvgIpc) is 3.18. The van der Waals surface area contributed by atoms with E-state index in [0.29, 0.717) is 40.8 Å². The zero-order chi connectivity index (χ0) is 21.6. The molecule has 162 valence electrons. The molecule has 0 aliphatic heterocycles. The Morgan fingerprint density at radius 3 is 2.63 bits per heavy atom. The Hall–Kier alpha value is -2.46. The zero-order valence-corrected chi connectivity index (χ0v) is 17.2. The normalized spacial score (nSPS) is 11.9. The van der Waals surface area contributed by atoms with Gasteiger partial charge in [-0.3, -0.25) is 9.36 Å². The highest BCUT2D eigenvalue weighted by Gasteiger charge is 2.28. The molecule has 0 atom stereocenters. The standard InChI is InChI=1S/C20H22F3N3O3S/c1-2-10-28-11-3-12-30-19-25-16-8-9-24-17(16)18(27)26(19)14-4-6-15(7-5-14)29-13-20(21,22)23/h4-9,24H,2-3,10-13H2,1H3. The lowest BCUT2D eigenvalue weighted by Gasteiger charge is -2.13. The number of benzene rings is 1. The van der Waals surface area contributed by atoms with Crippen LogP contribution in [0.3, 0.4) is 0 Å². The molecule has 1 N–H and O–H groups in total. The zero-order valence-electron chi connectivity index (χ0n) is 16.4. The summed E-state index contributed by atoms with van der Waals surface area (Å²) in [7, 11) is 0. The summed E-state index contributed by atoms with van der Waals surface area (Å²) in [6.07, 6.45) is -1.01. The Balaban J connectivity index is 1.82. The molecule has 0 radical (unpaired) electrons. The fourth-order valence-electron chi connectivity index (χ4n) is 2.73. The number of rotatable bonds is 10. The van der Waals surface area contributed by atoms with Gasteiger partial charge in [-0.15, -0.1) is 0 Å². The minimum absolute atomic E-state index is 0.0697. The number of aromatic amines is 1.